The van der Waals surface area contributed by atoms with Crippen molar-refractivity contribution < 1.29 is 9.59 Å². The molecule has 0 fully saturated rings. The highest BCUT2D eigenvalue weighted by Crippen LogP contribution is 2.18. The predicted octanol–water partition coefficient (Wildman–Crippen LogP) is 3.43. The fourth-order valence-electron chi connectivity index (χ4n) is 1.19. The first-order chi connectivity index (χ1) is 8.56. The molecule has 1 aromatic heterocycles. The summed E-state index contributed by atoms with van der Waals surface area (Å²) in [5, 5.41) is 4.26. The summed E-state index contributed by atoms with van der Waals surface area (Å²) in [5.41, 5.74) is 0.571. The van der Waals surface area contributed by atoms with Crippen LogP contribution in [-0.4, -0.2) is 16.1 Å². The van der Waals surface area contributed by atoms with E-state index in [-0.39, 0.29) is 11.6 Å². The van der Waals surface area contributed by atoms with Gasteiger partial charge in [-0.05, 0) is 35.9 Å². The van der Waals surface area contributed by atoms with Crippen LogP contribution in [0, 0.1) is 0 Å². The molecule has 0 bridgehead atoms. The quantitative estimate of drug-likeness (QED) is 0.884. The van der Waals surface area contributed by atoms with Crippen LogP contribution in [0.1, 0.15) is 20.8 Å². The van der Waals surface area contributed by atoms with Gasteiger partial charge in [0, 0.05) is 16.0 Å². The van der Waals surface area contributed by atoms with Crippen LogP contribution in [0.25, 0.3) is 0 Å². The lowest BCUT2D eigenvalue weighted by atomic mass is 10.2. The van der Waals surface area contributed by atoms with Crippen molar-refractivity contribution in [1.82, 2.24) is 4.98 Å². The summed E-state index contributed by atoms with van der Waals surface area (Å²) in [6, 6.07) is 6.43. The molecule has 0 aliphatic carbocycles. The third kappa shape index (κ3) is 3.07. The maximum Gasteiger partial charge on any atom is 0.271 e. The molecule has 92 valence electrons. The van der Waals surface area contributed by atoms with Crippen molar-refractivity contribution in [1.29, 1.82) is 0 Å². The predicted molar refractivity (Wildman–Crippen MR) is 71.7 cm³/mol. The molecule has 1 aromatic carbocycles. The van der Waals surface area contributed by atoms with Gasteiger partial charge in [-0.25, -0.2) is 4.98 Å². The molecule has 4 nitrogen and oxygen atoms in total. The maximum atomic E-state index is 11.8. The first-order valence-electron chi connectivity index (χ1n) is 4.78. The van der Waals surface area contributed by atoms with Crippen LogP contribution in [0.5, 0.6) is 0 Å². The molecule has 18 heavy (non-hydrogen) atoms. The van der Waals surface area contributed by atoms with Gasteiger partial charge in [0.05, 0.1) is 0 Å². The zero-order chi connectivity index (χ0) is 13.1. The number of rotatable bonds is 3. The number of anilines is 1. The average molecular weight is 301 g/mol. The number of halogens is 2. The molecule has 0 radical (unpaired) electrons. The highest BCUT2D eigenvalue weighted by molar-refractivity contribution is 7.14. The Morgan fingerprint density at radius 3 is 2.44 bits per heavy atom. The molecule has 1 amide bonds. The third-order valence-electron chi connectivity index (χ3n) is 2.03. The van der Waals surface area contributed by atoms with E-state index in [4.69, 9.17) is 23.2 Å². The van der Waals surface area contributed by atoms with Crippen LogP contribution in [0.3, 0.4) is 0 Å². The van der Waals surface area contributed by atoms with Crippen molar-refractivity contribution in [2.45, 2.75) is 0 Å². The average Bonchev–Trinajstić information content (AvgIpc) is 2.78. The highest BCUT2D eigenvalue weighted by Gasteiger charge is 2.11. The number of thiazole rings is 1. The molecule has 2 rings (SSSR count). The summed E-state index contributed by atoms with van der Waals surface area (Å²) in [7, 11) is 0. The largest absolute Gasteiger partial charge is 0.298 e. The van der Waals surface area contributed by atoms with Gasteiger partial charge in [0.1, 0.15) is 5.69 Å². The molecule has 0 aliphatic rings. The molecule has 7 heteroatoms. The zero-order valence-corrected chi connectivity index (χ0v) is 11.1. The van der Waals surface area contributed by atoms with Gasteiger partial charge in [0.2, 0.25) is 0 Å². The Bertz CT molecular complexity index is 595. The van der Waals surface area contributed by atoms with E-state index in [0.29, 0.717) is 15.7 Å². The van der Waals surface area contributed by atoms with E-state index >= 15 is 0 Å². The Morgan fingerprint density at radius 1 is 1.22 bits per heavy atom. The van der Waals surface area contributed by atoms with Gasteiger partial charge in [0.15, 0.2) is 5.13 Å². The number of carbonyl (C=O) groups is 2. The van der Waals surface area contributed by atoms with Crippen molar-refractivity contribution >= 4 is 50.8 Å². The SMILES string of the molecule is O=C(Nc1nc(C(=O)Cl)cs1)c1ccc(Cl)cc1. The summed E-state index contributed by atoms with van der Waals surface area (Å²) in [4.78, 5) is 26.5. The van der Waals surface area contributed by atoms with E-state index < -0.39 is 5.24 Å². The zero-order valence-electron chi connectivity index (χ0n) is 8.81. The minimum atomic E-state index is -0.654. The van der Waals surface area contributed by atoms with Crippen molar-refractivity contribution in [3.8, 4) is 0 Å². The van der Waals surface area contributed by atoms with Gasteiger partial charge in [-0.3, -0.25) is 14.9 Å². The van der Waals surface area contributed by atoms with E-state index in [1.807, 2.05) is 0 Å². The van der Waals surface area contributed by atoms with Gasteiger partial charge in [-0.15, -0.1) is 11.3 Å². The van der Waals surface area contributed by atoms with Crippen molar-refractivity contribution in [3.05, 3.63) is 45.9 Å². The molecule has 1 heterocycles. The van der Waals surface area contributed by atoms with Crippen LogP contribution < -0.4 is 5.32 Å². The summed E-state index contributed by atoms with van der Waals surface area (Å²) < 4.78 is 0. The number of nitrogens with zero attached hydrogens (tertiary/aromatic N) is 1. The molecule has 0 saturated carbocycles. The monoisotopic (exact) mass is 300 g/mol. The van der Waals surface area contributed by atoms with E-state index in [0.717, 1.165) is 11.3 Å². The molecule has 1 N–H and O–H groups in total. The third-order valence-corrected chi connectivity index (χ3v) is 3.24. The molecule has 0 unspecified atom stereocenters. The lowest BCUT2D eigenvalue weighted by Gasteiger charge is -2.01. The summed E-state index contributed by atoms with van der Waals surface area (Å²) in [6.45, 7) is 0. The highest BCUT2D eigenvalue weighted by atomic mass is 35.5. The fourth-order valence-corrected chi connectivity index (χ4v) is 2.17. The number of nitrogens with one attached hydrogen (secondary N) is 1. The number of hydrogen-bond acceptors (Lipinski definition) is 4. The second kappa shape index (κ2) is 5.48. The van der Waals surface area contributed by atoms with E-state index in [9.17, 15) is 9.59 Å². The Morgan fingerprint density at radius 2 is 1.89 bits per heavy atom. The number of carbonyl (C=O) groups excluding carboxylic acids is 2. The Hall–Kier alpha value is -1.43. The van der Waals surface area contributed by atoms with Crippen LogP contribution >= 0.6 is 34.5 Å². The molecule has 0 saturated heterocycles. The Kier molecular flexibility index (Phi) is 3.96. The maximum absolute atomic E-state index is 11.8. The van der Waals surface area contributed by atoms with Crippen LogP contribution in [-0.2, 0) is 0 Å². The summed E-state index contributed by atoms with van der Waals surface area (Å²) in [5.74, 6) is -0.324. The van der Waals surface area contributed by atoms with E-state index in [2.05, 4.69) is 10.3 Å². The standard InChI is InChI=1S/C11H6Cl2N2O2S/c12-7-3-1-6(2-4-7)10(17)15-11-14-8(5-18-11)9(13)16/h1-5H,(H,14,15,17). The molecular formula is C11H6Cl2N2O2S. The first kappa shape index (κ1) is 13.0. The minimum Gasteiger partial charge on any atom is -0.298 e. The van der Waals surface area contributed by atoms with Gasteiger partial charge < -0.3 is 0 Å². The number of aromatic nitrogens is 1. The first-order valence-corrected chi connectivity index (χ1v) is 6.42. The molecular weight excluding hydrogens is 295 g/mol. The van der Waals surface area contributed by atoms with Gasteiger partial charge in [-0.1, -0.05) is 11.6 Å². The molecule has 0 aliphatic heterocycles. The van der Waals surface area contributed by atoms with Crippen LogP contribution in [0.2, 0.25) is 5.02 Å². The fraction of sp³-hybridized carbons (Fsp3) is 0. The van der Waals surface area contributed by atoms with Crippen molar-refractivity contribution in [2.24, 2.45) is 0 Å². The Labute approximate surface area is 117 Å². The number of hydrogen-bond donors (Lipinski definition) is 1. The normalized spacial score (nSPS) is 10.1. The van der Waals surface area contributed by atoms with E-state index in [1.165, 1.54) is 5.38 Å². The van der Waals surface area contributed by atoms with Crippen molar-refractivity contribution in [3.63, 3.8) is 0 Å². The summed E-state index contributed by atoms with van der Waals surface area (Å²) in [6.07, 6.45) is 0. The lowest BCUT2D eigenvalue weighted by molar-refractivity contribution is 0.102. The number of benzene rings is 1. The van der Waals surface area contributed by atoms with Gasteiger partial charge in [0.25, 0.3) is 11.1 Å². The molecule has 0 atom stereocenters. The second-order valence-electron chi connectivity index (χ2n) is 3.27. The minimum absolute atomic E-state index is 0.119. The molecule has 2 aromatic rings. The van der Waals surface area contributed by atoms with Gasteiger partial charge >= 0.3 is 0 Å². The smallest absolute Gasteiger partial charge is 0.271 e. The van der Waals surface area contributed by atoms with Crippen LogP contribution in [0.4, 0.5) is 5.13 Å². The van der Waals surface area contributed by atoms with Gasteiger partial charge in [-0.2, -0.15) is 0 Å². The Balaban J connectivity index is 2.11. The van der Waals surface area contributed by atoms with Crippen LogP contribution in [0.15, 0.2) is 29.6 Å². The lowest BCUT2D eigenvalue weighted by Crippen LogP contribution is -2.11. The summed E-state index contributed by atoms with van der Waals surface area (Å²) >= 11 is 12.1. The van der Waals surface area contributed by atoms with Crippen molar-refractivity contribution in [2.75, 3.05) is 5.32 Å². The topological polar surface area (TPSA) is 59.1 Å². The molecule has 0 spiro atoms. The number of amides is 1. The second-order valence-corrected chi connectivity index (χ2v) is 4.91. The van der Waals surface area contributed by atoms with E-state index in [1.54, 1.807) is 24.3 Å².